The van der Waals surface area contributed by atoms with E-state index in [1.54, 1.807) is 24.5 Å². The Morgan fingerprint density at radius 2 is 2.15 bits per heavy atom. The highest BCUT2D eigenvalue weighted by Crippen LogP contribution is 2.44. The molecule has 0 aliphatic carbocycles. The lowest BCUT2D eigenvalue weighted by Crippen LogP contribution is -2.22. The maximum Gasteiger partial charge on any atom is 0.387 e. The second kappa shape index (κ2) is 8.94. The van der Waals surface area contributed by atoms with E-state index in [1.165, 1.54) is 6.07 Å². The number of fused-ring (bicyclic) bond motifs is 1. The fourth-order valence-electron chi connectivity index (χ4n) is 2.21. The first-order valence-corrected chi connectivity index (χ1v) is 8.98. The third-order valence-electron chi connectivity index (χ3n) is 3.29. The molecule has 0 aliphatic rings. The summed E-state index contributed by atoms with van der Waals surface area (Å²) in [6, 6.07) is 6.54. The number of hydrogen-bond donors (Lipinski definition) is 1. The van der Waals surface area contributed by atoms with Crippen LogP contribution in [0.5, 0.6) is 5.75 Å². The zero-order valence-electron chi connectivity index (χ0n) is 12.8. The van der Waals surface area contributed by atoms with Gasteiger partial charge in [-0.2, -0.15) is 8.78 Å². The van der Waals surface area contributed by atoms with Gasteiger partial charge in [-0.1, -0.05) is 17.7 Å². The molecule has 3 rings (SSSR count). The molecule has 0 fully saturated rings. The summed E-state index contributed by atoms with van der Waals surface area (Å²) in [6.07, 6.45) is 3.27. The number of nitrogens with one attached hydrogen (secondary N) is 1. The predicted octanol–water partition coefficient (Wildman–Crippen LogP) is 5.67. The van der Waals surface area contributed by atoms with E-state index >= 15 is 0 Å². The number of benzene rings is 1. The largest absolute Gasteiger partial charge is 0.434 e. The highest BCUT2D eigenvalue weighted by atomic mass is 79.9. The number of ether oxygens (including phenoxy) is 1. The summed E-state index contributed by atoms with van der Waals surface area (Å²) >= 11 is 10.7. The summed E-state index contributed by atoms with van der Waals surface area (Å²) in [5.41, 5.74) is 0.830. The molecule has 0 atom stereocenters. The summed E-state index contributed by atoms with van der Waals surface area (Å²) in [4.78, 5) is 16.6. The van der Waals surface area contributed by atoms with Crippen molar-refractivity contribution in [3.63, 3.8) is 0 Å². The van der Waals surface area contributed by atoms with Gasteiger partial charge in [0.2, 0.25) is 0 Å². The number of rotatable bonds is 5. The Hall–Kier alpha value is -1.48. The molecule has 26 heavy (non-hydrogen) atoms. The molecule has 4 nitrogen and oxygen atoms in total. The van der Waals surface area contributed by atoms with Crippen LogP contribution in [-0.4, -0.2) is 17.5 Å². The lowest BCUT2D eigenvalue weighted by atomic mass is 10.2. The quantitative estimate of drug-likeness (QED) is 0.509. The SMILES string of the molecule is Cl.O=C(NCc1cccnc1)c1sc2c(Br)ccc(OC(F)F)c2c1Cl. The molecule has 0 aliphatic heterocycles. The first-order valence-electron chi connectivity index (χ1n) is 6.99. The Balaban J connectivity index is 0.00000243. The maximum absolute atomic E-state index is 12.6. The van der Waals surface area contributed by atoms with Crippen LogP contribution in [0.4, 0.5) is 8.78 Å². The third kappa shape index (κ3) is 4.43. The molecule has 0 unspecified atom stereocenters. The summed E-state index contributed by atoms with van der Waals surface area (Å²) < 4.78 is 30.9. The van der Waals surface area contributed by atoms with Crippen molar-refractivity contribution in [2.75, 3.05) is 0 Å². The van der Waals surface area contributed by atoms with Crippen LogP contribution in [0.25, 0.3) is 10.1 Å². The predicted molar refractivity (Wildman–Crippen MR) is 104 cm³/mol. The van der Waals surface area contributed by atoms with Crippen molar-refractivity contribution in [2.45, 2.75) is 13.2 Å². The molecule has 0 saturated carbocycles. The monoisotopic (exact) mass is 482 g/mol. The van der Waals surface area contributed by atoms with Crippen LogP contribution in [0.1, 0.15) is 15.2 Å². The van der Waals surface area contributed by atoms with Gasteiger partial charge in [-0.05, 0) is 39.7 Å². The Labute approximate surface area is 171 Å². The molecule has 0 bridgehead atoms. The zero-order chi connectivity index (χ0) is 18.0. The van der Waals surface area contributed by atoms with Crippen LogP contribution in [0.3, 0.4) is 0 Å². The van der Waals surface area contributed by atoms with Crippen molar-refractivity contribution in [3.8, 4) is 5.75 Å². The van der Waals surface area contributed by atoms with E-state index in [2.05, 4.69) is 31.0 Å². The third-order valence-corrected chi connectivity index (χ3v) is 5.93. The van der Waals surface area contributed by atoms with Crippen molar-refractivity contribution in [3.05, 3.63) is 56.6 Å². The van der Waals surface area contributed by atoms with E-state index in [0.717, 1.165) is 16.9 Å². The fourth-order valence-corrected chi connectivity index (χ4v) is 4.26. The van der Waals surface area contributed by atoms with Crippen molar-refractivity contribution >= 4 is 67.3 Å². The average molecular weight is 484 g/mol. The van der Waals surface area contributed by atoms with E-state index in [4.69, 9.17) is 11.6 Å². The lowest BCUT2D eigenvalue weighted by Gasteiger charge is -2.07. The molecule has 0 radical (unpaired) electrons. The smallest absolute Gasteiger partial charge is 0.387 e. The number of thiophene rings is 1. The Bertz CT molecular complexity index is 926. The first kappa shape index (κ1) is 20.8. The fraction of sp³-hybridized carbons (Fsp3) is 0.125. The van der Waals surface area contributed by atoms with Gasteiger partial charge in [0.15, 0.2) is 0 Å². The molecule has 2 heterocycles. The van der Waals surface area contributed by atoms with Gasteiger partial charge in [0.1, 0.15) is 10.6 Å². The van der Waals surface area contributed by atoms with Gasteiger partial charge in [-0.25, -0.2) is 0 Å². The van der Waals surface area contributed by atoms with Gasteiger partial charge >= 0.3 is 6.61 Å². The van der Waals surface area contributed by atoms with E-state index < -0.39 is 12.5 Å². The van der Waals surface area contributed by atoms with E-state index in [-0.39, 0.29) is 40.0 Å². The van der Waals surface area contributed by atoms with Crippen molar-refractivity contribution in [2.24, 2.45) is 0 Å². The second-order valence-electron chi connectivity index (χ2n) is 4.92. The standard InChI is InChI=1S/C16H10BrClF2N2O2S.ClH/c17-9-3-4-10(24-16(19)20)11-12(18)14(25-13(9)11)15(23)22-7-8-2-1-5-21-6-8;/h1-6,16H,7H2,(H,22,23);1H. The Morgan fingerprint density at radius 3 is 2.81 bits per heavy atom. The molecular weight excluding hydrogens is 473 g/mol. The van der Waals surface area contributed by atoms with Crippen LogP contribution >= 0.6 is 51.3 Å². The minimum absolute atomic E-state index is 0. The van der Waals surface area contributed by atoms with Crippen LogP contribution in [-0.2, 0) is 6.54 Å². The number of hydrogen-bond acceptors (Lipinski definition) is 4. The number of carbonyl (C=O) groups excluding carboxylic acids is 1. The maximum atomic E-state index is 12.6. The molecule has 0 saturated heterocycles. The number of pyridine rings is 1. The number of carbonyl (C=O) groups is 1. The summed E-state index contributed by atoms with van der Waals surface area (Å²) in [6.45, 7) is -2.71. The molecule has 2 aromatic heterocycles. The minimum Gasteiger partial charge on any atom is -0.434 e. The summed E-state index contributed by atoms with van der Waals surface area (Å²) in [5, 5.41) is 3.11. The summed E-state index contributed by atoms with van der Waals surface area (Å²) in [7, 11) is 0. The Kier molecular flexibility index (Phi) is 7.16. The number of aromatic nitrogens is 1. The van der Waals surface area contributed by atoms with Gasteiger partial charge in [0.25, 0.3) is 5.91 Å². The molecular formula is C16H11BrCl2F2N2O2S. The number of halogens is 5. The van der Waals surface area contributed by atoms with Crippen LogP contribution in [0, 0.1) is 0 Å². The van der Waals surface area contributed by atoms with Crippen LogP contribution in [0.2, 0.25) is 5.02 Å². The molecule has 1 N–H and O–H groups in total. The van der Waals surface area contributed by atoms with Crippen molar-refractivity contribution in [1.29, 1.82) is 0 Å². The van der Waals surface area contributed by atoms with Crippen LogP contribution in [0.15, 0.2) is 41.1 Å². The zero-order valence-corrected chi connectivity index (χ0v) is 16.8. The van der Waals surface area contributed by atoms with E-state index in [0.29, 0.717) is 9.17 Å². The highest BCUT2D eigenvalue weighted by molar-refractivity contribution is 9.10. The second-order valence-corrected chi connectivity index (χ2v) is 7.17. The van der Waals surface area contributed by atoms with Crippen molar-refractivity contribution in [1.82, 2.24) is 10.3 Å². The van der Waals surface area contributed by atoms with Gasteiger partial charge < -0.3 is 10.1 Å². The first-order chi connectivity index (χ1) is 12.0. The van der Waals surface area contributed by atoms with E-state index in [1.807, 2.05) is 6.07 Å². The van der Waals surface area contributed by atoms with Gasteiger partial charge in [0.05, 0.1) is 15.1 Å². The van der Waals surface area contributed by atoms with Crippen LogP contribution < -0.4 is 10.1 Å². The number of alkyl halides is 2. The topological polar surface area (TPSA) is 51.2 Å². The van der Waals surface area contributed by atoms with Gasteiger partial charge in [-0.15, -0.1) is 23.7 Å². The van der Waals surface area contributed by atoms with Gasteiger partial charge in [0, 0.05) is 23.4 Å². The summed E-state index contributed by atoms with van der Waals surface area (Å²) in [5.74, 6) is -0.467. The minimum atomic E-state index is -2.98. The molecule has 10 heteroatoms. The molecule has 1 amide bonds. The average Bonchev–Trinajstić information content (AvgIpc) is 2.95. The Morgan fingerprint density at radius 1 is 1.38 bits per heavy atom. The number of amides is 1. The normalized spacial score (nSPS) is 10.7. The molecule has 1 aromatic carbocycles. The molecule has 138 valence electrons. The van der Waals surface area contributed by atoms with Crippen molar-refractivity contribution < 1.29 is 18.3 Å². The number of nitrogens with zero attached hydrogens (tertiary/aromatic N) is 1. The molecule has 3 aromatic rings. The lowest BCUT2D eigenvalue weighted by molar-refractivity contribution is -0.0487. The molecule has 0 spiro atoms. The highest BCUT2D eigenvalue weighted by Gasteiger charge is 2.22. The van der Waals surface area contributed by atoms with Gasteiger partial charge in [-0.3, -0.25) is 9.78 Å². The van der Waals surface area contributed by atoms with E-state index in [9.17, 15) is 13.6 Å².